The minimum atomic E-state index is 0.103. The number of piperidine rings is 1. The van der Waals surface area contributed by atoms with Gasteiger partial charge in [-0.25, -0.2) is 0 Å². The molecule has 1 unspecified atom stereocenters. The Balaban J connectivity index is 1.26. The maximum Gasteiger partial charge on any atom is 0.253 e. The van der Waals surface area contributed by atoms with Crippen molar-refractivity contribution in [3.05, 3.63) is 64.7 Å². The van der Waals surface area contributed by atoms with Crippen LogP contribution in [0.4, 0.5) is 0 Å². The van der Waals surface area contributed by atoms with E-state index in [1.807, 2.05) is 58.3 Å². The van der Waals surface area contributed by atoms with Crippen molar-refractivity contribution in [2.45, 2.75) is 32.1 Å². The molecule has 31 heavy (non-hydrogen) atoms. The summed E-state index contributed by atoms with van der Waals surface area (Å²) in [6, 6.07) is 14.9. The topological polar surface area (TPSA) is 49.9 Å². The van der Waals surface area contributed by atoms with E-state index in [1.165, 1.54) is 0 Å². The predicted molar refractivity (Wildman–Crippen MR) is 122 cm³/mol. The molecule has 0 spiro atoms. The van der Waals surface area contributed by atoms with Gasteiger partial charge >= 0.3 is 0 Å². The summed E-state index contributed by atoms with van der Waals surface area (Å²) in [6.45, 7) is 3.80. The van der Waals surface area contributed by atoms with Gasteiger partial charge in [-0.05, 0) is 67.6 Å². The maximum absolute atomic E-state index is 12.7. The van der Waals surface area contributed by atoms with E-state index in [4.69, 9.17) is 16.3 Å². The van der Waals surface area contributed by atoms with Crippen molar-refractivity contribution in [1.29, 1.82) is 0 Å². The Labute approximate surface area is 188 Å². The predicted octanol–water partition coefficient (Wildman–Crippen LogP) is 4.44. The van der Waals surface area contributed by atoms with Crippen molar-refractivity contribution in [2.75, 3.05) is 32.8 Å². The standard InChI is InChI=1S/C25H29ClN2O3/c26-22-9-5-19(6-10-22)16-24(29)28-15-3-4-20(17-28)18-31-23-11-7-21(8-12-23)25(30)27-13-1-2-14-27/h5-12,20H,1-4,13-18H2. The summed E-state index contributed by atoms with van der Waals surface area (Å²) in [7, 11) is 0. The van der Waals surface area contributed by atoms with Crippen LogP contribution in [0.3, 0.4) is 0 Å². The molecule has 1 atom stereocenters. The maximum atomic E-state index is 12.7. The van der Waals surface area contributed by atoms with Crippen LogP contribution in [-0.2, 0) is 11.2 Å². The smallest absolute Gasteiger partial charge is 0.253 e. The molecule has 6 heteroatoms. The molecule has 2 fully saturated rings. The van der Waals surface area contributed by atoms with Crippen LogP contribution >= 0.6 is 11.6 Å². The Kier molecular flexibility index (Phi) is 7.13. The van der Waals surface area contributed by atoms with Gasteiger partial charge in [0.15, 0.2) is 0 Å². The van der Waals surface area contributed by atoms with Gasteiger partial charge in [0.05, 0.1) is 13.0 Å². The van der Waals surface area contributed by atoms with Crippen molar-refractivity contribution in [3.63, 3.8) is 0 Å². The summed E-state index contributed by atoms with van der Waals surface area (Å²) in [5, 5.41) is 0.680. The Morgan fingerprint density at radius 3 is 2.29 bits per heavy atom. The first-order valence-corrected chi connectivity index (χ1v) is 11.5. The van der Waals surface area contributed by atoms with Crippen LogP contribution in [-0.4, -0.2) is 54.4 Å². The molecule has 0 aromatic heterocycles. The van der Waals surface area contributed by atoms with E-state index in [9.17, 15) is 9.59 Å². The van der Waals surface area contributed by atoms with E-state index in [0.717, 1.165) is 63.2 Å². The molecule has 2 aromatic rings. The van der Waals surface area contributed by atoms with Crippen LogP contribution in [0.1, 0.15) is 41.6 Å². The van der Waals surface area contributed by atoms with E-state index < -0.39 is 0 Å². The molecule has 4 rings (SSSR count). The number of benzene rings is 2. The minimum Gasteiger partial charge on any atom is -0.493 e. The lowest BCUT2D eigenvalue weighted by Gasteiger charge is -2.32. The van der Waals surface area contributed by atoms with Gasteiger partial charge in [0, 0.05) is 42.7 Å². The summed E-state index contributed by atoms with van der Waals surface area (Å²) in [6.07, 6.45) is 4.62. The van der Waals surface area contributed by atoms with Crippen LogP contribution in [0.25, 0.3) is 0 Å². The molecule has 2 aliphatic rings. The fourth-order valence-corrected chi connectivity index (χ4v) is 4.45. The fraction of sp³-hybridized carbons (Fsp3) is 0.440. The van der Waals surface area contributed by atoms with E-state index >= 15 is 0 Å². The van der Waals surface area contributed by atoms with Crippen LogP contribution < -0.4 is 4.74 Å². The van der Waals surface area contributed by atoms with Gasteiger partial charge < -0.3 is 14.5 Å². The van der Waals surface area contributed by atoms with Crippen molar-refractivity contribution in [1.82, 2.24) is 9.80 Å². The number of hydrogen-bond acceptors (Lipinski definition) is 3. The molecule has 0 aliphatic carbocycles. The molecule has 2 amide bonds. The Bertz CT molecular complexity index is 892. The van der Waals surface area contributed by atoms with Crippen LogP contribution in [0, 0.1) is 5.92 Å². The lowest BCUT2D eigenvalue weighted by molar-refractivity contribution is -0.132. The highest BCUT2D eigenvalue weighted by Crippen LogP contribution is 2.21. The quantitative estimate of drug-likeness (QED) is 0.667. The van der Waals surface area contributed by atoms with E-state index in [2.05, 4.69) is 0 Å². The molecule has 0 N–H and O–H groups in total. The monoisotopic (exact) mass is 440 g/mol. The second-order valence-electron chi connectivity index (χ2n) is 8.49. The zero-order chi connectivity index (χ0) is 21.6. The lowest BCUT2D eigenvalue weighted by atomic mass is 9.98. The third-order valence-electron chi connectivity index (χ3n) is 6.12. The van der Waals surface area contributed by atoms with Crippen molar-refractivity contribution in [3.8, 4) is 5.75 Å². The Hall–Kier alpha value is -2.53. The van der Waals surface area contributed by atoms with Gasteiger partial charge in [0.25, 0.3) is 5.91 Å². The van der Waals surface area contributed by atoms with Gasteiger partial charge in [-0.2, -0.15) is 0 Å². The van der Waals surface area contributed by atoms with Gasteiger partial charge in [0.2, 0.25) is 5.91 Å². The molecular weight excluding hydrogens is 412 g/mol. The number of amides is 2. The number of nitrogens with zero attached hydrogens (tertiary/aromatic N) is 2. The Morgan fingerprint density at radius 2 is 1.58 bits per heavy atom. The normalized spacial score (nSPS) is 18.8. The first-order chi connectivity index (χ1) is 15.1. The summed E-state index contributed by atoms with van der Waals surface area (Å²) in [5.74, 6) is 1.33. The van der Waals surface area contributed by atoms with Gasteiger partial charge in [-0.3, -0.25) is 9.59 Å². The average Bonchev–Trinajstić information content (AvgIpc) is 3.34. The number of rotatable bonds is 6. The van der Waals surface area contributed by atoms with Crippen molar-refractivity contribution >= 4 is 23.4 Å². The molecule has 2 heterocycles. The van der Waals surface area contributed by atoms with Crippen LogP contribution in [0.15, 0.2) is 48.5 Å². The fourth-order valence-electron chi connectivity index (χ4n) is 4.33. The molecule has 0 bridgehead atoms. The zero-order valence-electron chi connectivity index (χ0n) is 17.8. The number of ether oxygens (including phenoxy) is 1. The first kappa shape index (κ1) is 21.7. The first-order valence-electron chi connectivity index (χ1n) is 11.1. The molecule has 2 aromatic carbocycles. The van der Waals surface area contributed by atoms with Gasteiger partial charge in [0.1, 0.15) is 5.75 Å². The third-order valence-corrected chi connectivity index (χ3v) is 6.37. The van der Waals surface area contributed by atoms with E-state index in [0.29, 0.717) is 29.5 Å². The van der Waals surface area contributed by atoms with Crippen LogP contribution in [0.5, 0.6) is 5.75 Å². The largest absolute Gasteiger partial charge is 0.493 e. The molecule has 2 saturated heterocycles. The summed E-state index contributed by atoms with van der Waals surface area (Å²) >= 11 is 5.93. The van der Waals surface area contributed by atoms with Crippen molar-refractivity contribution < 1.29 is 14.3 Å². The number of carbonyl (C=O) groups is 2. The van der Waals surface area contributed by atoms with E-state index in [1.54, 1.807) is 0 Å². The van der Waals surface area contributed by atoms with Crippen LogP contribution in [0.2, 0.25) is 5.02 Å². The molecule has 0 saturated carbocycles. The van der Waals surface area contributed by atoms with Crippen molar-refractivity contribution in [2.24, 2.45) is 5.92 Å². The second-order valence-corrected chi connectivity index (χ2v) is 8.92. The Morgan fingerprint density at radius 1 is 0.903 bits per heavy atom. The SMILES string of the molecule is O=C(Cc1ccc(Cl)cc1)N1CCCC(COc2ccc(C(=O)N3CCCC3)cc2)C1. The summed E-state index contributed by atoms with van der Waals surface area (Å²) in [5.41, 5.74) is 1.70. The molecule has 2 aliphatic heterocycles. The highest BCUT2D eigenvalue weighted by Gasteiger charge is 2.24. The number of halogens is 1. The summed E-state index contributed by atoms with van der Waals surface area (Å²) < 4.78 is 5.99. The number of likely N-dealkylation sites (tertiary alicyclic amines) is 2. The van der Waals surface area contributed by atoms with Gasteiger partial charge in [-0.15, -0.1) is 0 Å². The highest BCUT2D eigenvalue weighted by molar-refractivity contribution is 6.30. The molecular formula is C25H29ClN2O3. The highest BCUT2D eigenvalue weighted by atomic mass is 35.5. The molecule has 5 nitrogen and oxygen atoms in total. The molecule has 0 radical (unpaired) electrons. The number of hydrogen-bond donors (Lipinski definition) is 0. The average molecular weight is 441 g/mol. The van der Waals surface area contributed by atoms with E-state index in [-0.39, 0.29) is 11.8 Å². The minimum absolute atomic E-state index is 0.103. The summed E-state index contributed by atoms with van der Waals surface area (Å²) in [4.78, 5) is 29.0. The number of carbonyl (C=O) groups excluding carboxylic acids is 2. The second kappa shape index (κ2) is 10.2. The molecule has 164 valence electrons. The van der Waals surface area contributed by atoms with Gasteiger partial charge in [-0.1, -0.05) is 23.7 Å². The zero-order valence-corrected chi connectivity index (χ0v) is 18.5. The lowest BCUT2D eigenvalue weighted by Crippen LogP contribution is -2.42. The third kappa shape index (κ3) is 5.79.